The number of rotatable bonds is 9. The predicted octanol–water partition coefficient (Wildman–Crippen LogP) is 5.73. The molecule has 0 atom stereocenters. The molecule has 2 amide bonds. The summed E-state index contributed by atoms with van der Waals surface area (Å²) in [6.45, 7) is 3.95. The van der Waals surface area contributed by atoms with Gasteiger partial charge in [-0.1, -0.05) is 60.7 Å². The summed E-state index contributed by atoms with van der Waals surface area (Å²) in [5.74, 6) is -1.13. The van der Waals surface area contributed by atoms with E-state index in [0.29, 0.717) is 5.56 Å². The number of carbonyl (C=O) groups is 2. The Morgan fingerprint density at radius 3 is 1.96 bits per heavy atom. The lowest BCUT2D eigenvalue weighted by Gasteiger charge is -2.39. The van der Waals surface area contributed by atoms with Crippen LogP contribution in [0.5, 0.6) is 0 Å². The van der Waals surface area contributed by atoms with Crippen molar-refractivity contribution in [3.8, 4) is 22.3 Å². The first kappa shape index (κ1) is 31.7. The fourth-order valence-electron chi connectivity index (χ4n) is 5.82. The summed E-state index contributed by atoms with van der Waals surface area (Å²) in [5.41, 5.74) is 12.5. The highest BCUT2D eigenvalue weighted by Crippen LogP contribution is 2.29. The van der Waals surface area contributed by atoms with Gasteiger partial charge in [0.05, 0.1) is 0 Å². The van der Waals surface area contributed by atoms with Crippen LogP contribution >= 0.6 is 0 Å². The molecule has 45 heavy (non-hydrogen) atoms. The Balaban J connectivity index is 1.29. The van der Waals surface area contributed by atoms with Crippen molar-refractivity contribution in [2.24, 2.45) is 5.73 Å². The van der Waals surface area contributed by atoms with Gasteiger partial charge in [-0.05, 0) is 102 Å². The van der Waals surface area contributed by atoms with E-state index in [4.69, 9.17) is 5.73 Å². The van der Waals surface area contributed by atoms with Crippen molar-refractivity contribution < 1.29 is 18.0 Å². The first-order valence-corrected chi connectivity index (χ1v) is 16.4. The highest BCUT2D eigenvalue weighted by atomic mass is 32.2. The van der Waals surface area contributed by atoms with Crippen LogP contribution in [-0.4, -0.2) is 50.2 Å². The maximum absolute atomic E-state index is 13.5. The van der Waals surface area contributed by atoms with Crippen LogP contribution in [0, 0.1) is 13.8 Å². The zero-order valence-corrected chi connectivity index (χ0v) is 26.5. The van der Waals surface area contributed by atoms with Crippen LogP contribution in [0.1, 0.15) is 39.9 Å². The molecular weight excluding hydrogens is 584 g/mol. The van der Waals surface area contributed by atoms with E-state index in [1.54, 1.807) is 24.3 Å². The molecule has 1 saturated heterocycles. The maximum Gasteiger partial charge on any atom is 0.252 e. The summed E-state index contributed by atoms with van der Waals surface area (Å²) in [6.07, 6.45) is 1.74. The number of hydrogen-bond acceptors (Lipinski definition) is 5. The average Bonchev–Trinajstić information content (AvgIpc) is 3.05. The molecule has 1 fully saturated rings. The molecule has 4 N–H and O–H groups in total. The minimum Gasteiger partial charge on any atom is -0.388 e. The van der Waals surface area contributed by atoms with E-state index in [1.165, 1.54) is 9.71 Å². The van der Waals surface area contributed by atoms with Crippen molar-refractivity contribution >= 4 is 33.6 Å². The van der Waals surface area contributed by atoms with Gasteiger partial charge in [0.25, 0.3) is 5.91 Å². The Bertz CT molecular complexity index is 1840. The third-order valence-electron chi connectivity index (χ3n) is 8.48. The summed E-state index contributed by atoms with van der Waals surface area (Å²) in [7, 11) is -1.94. The smallest absolute Gasteiger partial charge is 0.252 e. The van der Waals surface area contributed by atoms with E-state index in [2.05, 4.69) is 16.7 Å². The molecule has 9 heteroatoms. The van der Waals surface area contributed by atoms with E-state index in [0.717, 1.165) is 44.6 Å². The molecule has 4 aromatic rings. The number of benzene rings is 4. The molecule has 0 spiro atoms. The van der Waals surface area contributed by atoms with E-state index in [9.17, 15) is 18.0 Å². The number of nitrogens with zero attached hydrogens (tertiary/aromatic N) is 1. The van der Waals surface area contributed by atoms with E-state index in [-0.39, 0.29) is 25.9 Å². The number of nitrogens with one attached hydrogen (secondary N) is 2. The Kier molecular flexibility index (Phi) is 9.22. The minimum absolute atomic E-state index is 0.0405. The lowest BCUT2D eigenvalue weighted by molar-refractivity contribution is -0.125. The number of amides is 2. The Hall–Kier alpha value is -4.73. The molecule has 0 radical (unpaired) electrons. The molecule has 0 aliphatic carbocycles. The minimum atomic E-state index is -3.77. The number of piperidine rings is 1. The quantitative estimate of drug-likeness (QED) is 0.220. The Morgan fingerprint density at radius 1 is 0.800 bits per heavy atom. The van der Waals surface area contributed by atoms with E-state index in [1.807, 2.05) is 87.6 Å². The van der Waals surface area contributed by atoms with Crippen molar-refractivity contribution in [1.82, 2.24) is 9.62 Å². The zero-order chi connectivity index (χ0) is 32.2. The van der Waals surface area contributed by atoms with Crippen LogP contribution in [0.2, 0.25) is 0 Å². The molecule has 0 unspecified atom stereocenters. The maximum atomic E-state index is 13.5. The summed E-state index contributed by atoms with van der Waals surface area (Å²) >= 11 is 0. The Labute approximate surface area is 265 Å². The summed E-state index contributed by atoms with van der Waals surface area (Å²) in [6, 6.07) is 29.2. The number of nitrogens with two attached hydrogens (primary N) is 1. The molecule has 1 heterocycles. The number of hydrogen-bond donors (Lipinski definition) is 3. The zero-order valence-electron chi connectivity index (χ0n) is 25.7. The SMILES string of the molecule is CNc1cc(C)c(/C=C/S(=O)(=O)N2CCC(NC(=O)c3cccc(-c4cccc(-c5ccccc5)c4)c3)(C(N)=O)CC2)c(C)c1. The second-order valence-electron chi connectivity index (χ2n) is 11.4. The van der Waals surface area contributed by atoms with Gasteiger partial charge in [-0.25, -0.2) is 8.42 Å². The molecule has 1 aliphatic rings. The lowest BCUT2D eigenvalue weighted by atomic mass is 9.87. The van der Waals surface area contributed by atoms with Gasteiger partial charge in [-0.3, -0.25) is 9.59 Å². The summed E-state index contributed by atoms with van der Waals surface area (Å²) < 4.78 is 27.8. The molecule has 0 aromatic heterocycles. The highest BCUT2D eigenvalue weighted by molar-refractivity contribution is 7.92. The first-order valence-electron chi connectivity index (χ1n) is 14.9. The molecule has 8 nitrogen and oxygen atoms in total. The topological polar surface area (TPSA) is 122 Å². The van der Waals surface area contributed by atoms with Crippen LogP contribution < -0.4 is 16.4 Å². The first-order chi connectivity index (χ1) is 21.5. The summed E-state index contributed by atoms with van der Waals surface area (Å²) in [5, 5.41) is 7.16. The normalized spacial score (nSPS) is 15.1. The fourth-order valence-corrected chi connectivity index (χ4v) is 6.99. The van der Waals surface area contributed by atoms with Crippen LogP contribution in [-0.2, 0) is 14.8 Å². The van der Waals surface area contributed by atoms with Gasteiger partial charge in [0, 0.05) is 36.8 Å². The van der Waals surface area contributed by atoms with Crippen molar-refractivity contribution in [2.75, 3.05) is 25.5 Å². The van der Waals surface area contributed by atoms with E-state index < -0.39 is 27.4 Å². The van der Waals surface area contributed by atoms with Crippen molar-refractivity contribution in [2.45, 2.75) is 32.2 Å². The number of carbonyl (C=O) groups excluding carboxylic acids is 2. The Morgan fingerprint density at radius 2 is 1.36 bits per heavy atom. The number of aryl methyl sites for hydroxylation is 2. The molecule has 4 aromatic carbocycles. The average molecular weight is 623 g/mol. The van der Waals surface area contributed by atoms with Gasteiger partial charge in [0.1, 0.15) is 5.54 Å². The number of sulfonamides is 1. The highest BCUT2D eigenvalue weighted by Gasteiger charge is 2.43. The molecule has 1 aliphatic heterocycles. The van der Waals surface area contributed by atoms with Gasteiger partial charge in [0.2, 0.25) is 15.9 Å². The number of primary amides is 1. The third kappa shape index (κ3) is 7.00. The van der Waals surface area contributed by atoms with Crippen LogP contribution in [0.15, 0.2) is 96.4 Å². The second kappa shape index (κ2) is 13.1. The fraction of sp³-hybridized carbons (Fsp3) is 0.222. The second-order valence-corrected chi connectivity index (χ2v) is 13.3. The van der Waals surface area contributed by atoms with Crippen LogP contribution in [0.4, 0.5) is 5.69 Å². The van der Waals surface area contributed by atoms with E-state index >= 15 is 0 Å². The molecule has 232 valence electrons. The van der Waals surface area contributed by atoms with Crippen molar-refractivity contribution in [3.05, 3.63) is 119 Å². The van der Waals surface area contributed by atoms with Gasteiger partial charge in [-0.2, -0.15) is 4.31 Å². The molecular formula is C36H38N4O4S. The van der Waals surface area contributed by atoms with Crippen LogP contribution in [0.25, 0.3) is 28.3 Å². The van der Waals surface area contributed by atoms with Crippen molar-refractivity contribution in [3.63, 3.8) is 0 Å². The van der Waals surface area contributed by atoms with Gasteiger partial charge >= 0.3 is 0 Å². The standard InChI is InChI=1S/C36H38N4O4S/c1-25-21-32(38-3)22-26(2)33(25)15-20-45(43,44)40-18-16-36(17-19-40,35(37)42)39-34(41)31-14-8-13-30(24-31)29-12-7-11-28(23-29)27-9-5-4-6-10-27/h4-15,20-24,38H,16-19H2,1-3H3,(H2,37,42)(H,39,41)/b20-15+. The van der Waals surface area contributed by atoms with Gasteiger partial charge in [-0.15, -0.1) is 0 Å². The monoisotopic (exact) mass is 622 g/mol. The van der Waals surface area contributed by atoms with Gasteiger partial charge < -0.3 is 16.4 Å². The largest absolute Gasteiger partial charge is 0.388 e. The predicted molar refractivity (Wildman–Crippen MR) is 181 cm³/mol. The molecule has 0 bridgehead atoms. The lowest BCUT2D eigenvalue weighted by Crippen LogP contribution is -2.62. The van der Waals surface area contributed by atoms with Gasteiger partial charge in [0.15, 0.2) is 0 Å². The number of anilines is 1. The molecule has 5 rings (SSSR count). The van der Waals surface area contributed by atoms with Crippen molar-refractivity contribution in [1.29, 1.82) is 0 Å². The molecule has 0 saturated carbocycles. The van der Waals surface area contributed by atoms with Crippen LogP contribution in [0.3, 0.4) is 0 Å². The summed E-state index contributed by atoms with van der Waals surface area (Å²) in [4.78, 5) is 26.2. The third-order valence-corrected chi connectivity index (χ3v) is 10.0.